The fraction of sp³-hybridized carbons (Fsp3) is 0.105. The Hall–Kier alpha value is -3.49. The molecule has 0 aliphatic rings. The van der Waals surface area contributed by atoms with Crippen LogP contribution in [0.3, 0.4) is 0 Å². The summed E-state index contributed by atoms with van der Waals surface area (Å²) in [4.78, 5) is 12.0. The quantitative estimate of drug-likeness (QED) is 0.627. The summed E-state index contributed by atoms with van der Waals surface area (Å²) in [6.07, 6.45) is -4.42. The van der Waals surface area contributed by atoms with Crippen LogP contribution < -0.4 is 10.6 Å². The fourth-order valence-electron chi connectivity index (χ4n) is 2.38. The highest BCUT2D eigenvalue weighted by Crippen LogP contribution is 2.30. The zero-order chi connectivity index (χ0) is 20.1. The Morgan fingerprint density at radius 1 is 0.929 bits per heavy atom. The van der Waals surface area contributed by atoms with Crippen molar-refractivity contribution in [2.45, 2.75) is 12.6 Å². The molecule has 0 spiro atoms. The van der Waals surface area contributed by atoms with Crippen molar-refractivity contribution in [1.29, 1.82) is 0 Å². The summed E-state index contributed by atoms with van der Waals surface area (Å²) in [7, 11) is 0. The SMILES string of the molecule is O=C(Cc1cccc(F)c1)Nc1ccc(Nc2ccc(C(F)(F)F)cc2)nn1. The van der Waals surface area contributed by atoms with Crippen LogP contribution in [0.4, 0.5) is 34.9 Å². The third-order valence-corrected chi connectivity index (χ3v) is 3.67. The number of rotatable bonds is 5. The highest BCUT2D eigenvalue weighted by Gasteiger charge is 2.29. The number of benzene rings is 2. The molecule has 0 aliphatic heterocycles. The summed E-state index contributed by atoms with van der Waals surface area (Å²) in [5.74, 6) is -0.325. The van der Waals surface area contributed by atoms with Crippen molar-refractivity contribution in [1.82, 2.24) is 10.2 Å². The van der Waals surface area contributed by atoms with E-state index in [4.69, 9.17) is 0 Å². The number of hydrogen-bond donors (Lipinski definition) is 2. The van der Waals surface area contributed by atoms with Crippen LogP contribution in [0.2, 0.25) is 0 Å². The smallest absolute Gasteiger partial charge is 0.339 e. The van der Waals surface area contributed by atoms with E-state index < -0.39 is 17.6 Å². The predicted molar refractivity (Wildman–Crippen MR) is 95.5 cm³/mol. The highest BCUT2D eigenvalue weighted by molar-refractivity contribution is 5.91. The Bertz CT molecular complexity index is 957. The van der Waals surface area contributed by atoms with E-state index in [0.717, 1.165) is 12.1 Å². The van der Waals surface area contributed by atoms with E-state index in [-0.39, 0.29) is 18.1 Å². The molecular formula is C19H14F4N4O. The summed E-state index contributed by atoms with van der Waals surface area (Å²) in [6, 6.07) is 13.2. The molecule has 144 valence electrons. The highest BCUT2D eigenvalue weighted by atomic mass is 19.4. The number of aromatic nitrogens is 2. The van der Waals surface area contributed by atoms with Crippen molar-refractivity contribution in [3.05, 3.63) is 77.6 Å². The van der Waals surface area contributed by atoms with Gasteiger partial charge in [0.1, 0.15) is 5.82 Å². The van der Waals surface area contributed by atoms with Gasteiger partial charge in [0.2, 0.25) is 5.91 Å². The second kappa shape index (κ2) is 8.03. The lowest BCUT2D eigenvalue weighted by Crippen LogP contribution is -2.15. The number of carbonyl (C=O) groups excluding carboxylic acids is 1. The van der Waals surface area contributed by atoms with E-state index >= 15 is 0 Å². The molecule has 3 aromatic rings. The van der Waals surface area contributed by atoms with Crippen LogP contribution in [0.15, 0.2) is 60.7 Å². The second-order valence-electron chi connectivity index (χ2n) is 5.86. The molecule has 0 saturated carbocycles. The molecule has 0 unspecified atom stereocenters. The maximum atomic E-state index is 13.1. The van der Waals surface area contributed by atoms with E-state index in [1.165, 1.54) is 42.5 Å². The molecule has 0 fully saturated rings. The van der Waals surface area contributed by atoms with Crippen molar-refractivity contribution < 1.29 is 22.4 Å². The number of carbonyl (C=O) groups is 1. The average molecular weight is 390 g/mol. The first-order valence-electron chi connectivity index (χ1n) is 8.12. The minimum atomic E-state index is -4.40. The van der Waals surface area contributed by atoms with Gasteiger partial charge in [-0.2, -0.15) is 13.2 Å². The number of nitrogens with zero attached hydrogens (tertiary/aromatic N) is 2. The Morgan fingerprint density at radius 2 is 1.61 bits per heavy atom. The first-order valence-corrected chi connectivity index (χ1v) is 8.12. The molecule has 1 aromatic heterocycles. The lowest BCUT2D eigenvalue weighted by atomic mass is 10.1. The molecule has 9 heteroatoms. The van der Waals surface area contributed by atoms with Gasteiger partial charge in [0.25, 0.3) is 0 Å². The lowest BCUT2D eigenvalue weighted by Gasteiger charge is -2.09. The zero-order valence-electron chi connectivity index (χ0n) is 14.3. The average Bonchev–Trinajstić information content (AvgIpc) is 2.63. The van der Waals surface area contributed by atoms with Crippen LogP contribution in [-0.4, -0.2) is 16.1 Å². The fourth-order valence-corrected chi connectivity index (χ4v) is 2.38. The second-order valence-corrected chi connectivity index (χ2v) is 5.86. The molecule has 28 heavy (non-hydrogen) atoms. The molecular weight excluding hydrogens is 376 g/mol. The minimum absolute atomic E-state index is 0.0228. The lowest BCUT2D eigenvalue weighted by molar-refractivity contribution is -0.137. The Morgan fingerprint density at radius 3 is 2.21 bits per heavy atom. The van der Waals surface area contributed by atoms with Crippen molar-refractivity contribution in [3.8, 4) is 0 Å². The molecule has 1 heterocycles. The standard InChI is InChI=1S/C19H14F4N4O/c20-14-3-1-2-12(10-14)11-18(28)25-17-9-8-16(26-27-17)24-15-6-4-13(5-7-15)19(21,22)23/h1-10H,11H2,(H,24,26)(H,25,27,28). The minimum Gasteiger partial charge on any atom is -0.339 e. The van der Waals surface area contributed by atoms with Gasteiger partial charge in [-0.3, -0.25) is 4.79 Å². The van der Waals surface area contributed by atoms with E-state index in [1.54, 1.807) is 6.07 Å². The maximum absolute atomic E-state index is 13.1. The zero-order valence-corrected chi connectivity index (χ0v) is 14.3. The molecule has 2 aromatic carbocycles. The first kappa shape index (κ1) is 19.3. The van der Waals surface area contributed by atoms with Crippen LogP contribution in [0.1, 0.15) is 11.1 Å². The Balaban J connectivity index is 1.58. The molecule has 0 saturated heterocycles. The summed E-state index contributed by atoms with van der Waals surface area (Å²) in [5, 5.41) is 13.0. The van der Waals surface area contributed by atoms with Gasteiger partial charge in [0.15, 0.2) is 11.6 Å². The molecule has 2 N–H and O–H groups in total. The van der Waals surface area contributed by atoms with E-state index in [0.29, 0.717) is 17.1 Å². The number of halogens is 4. The van der Waals surface area contributed by atoms with Gasteiger partial charge in [-0.05, 0) is 54.1 Å². The topological polar surface area (TPSA) is 66.9 Å². The molecule has 5 nitrogen and oxygen atoms in total. The van der Waals surface area contributed by atoms with Gasteiger partial charge in [-0.25, -0.2) is 4.39 Å². The summed E-state index contributed by atoms with van der Waals surface area (Å²) < 4.78 is 50.8. The molecule has 0 bridgehead atoms. The monoisotopic (exact) mass is 390 g/mol. The van der Waals surface area contributed by atoms with Crippen LogP contribution in [-0.2, 0) is 17.4 Å². The maximum Gasteiger partial charge on any atom is 0.416 e. The number of hydrogen-bond acceptors (Lipinski definition) is 4. The van der Waals surface area contributed by atoms with Crippen molar-refractivity contribution in [3.63, 3.8) is 0 Å². The van der Waals surface area contributed by atoms with E-state index in [2.05, 4.69) is 20.8 Å². The first-order chi connectivity index (χ1) is 13.3. The van der Waals surface area contributed by atoms with Crippen LogP contribution in [0.25, 0.3) is 0 Å². The van der Waals surface area contributed by atoms with Crippen LogP contribution in [0.5, 0.6) is 0 Å². The van der Waals surface area contributed by atoms with Crippen LogP contribution >= 0.6 is 0 Å². The predicted octanol–water partition coefficient (Wildman–Crippen LogP) is 4.56. The number of nitrogens with one attached hydrogen (secondary N) is 2. The molecule has 0 atom stereocenters. The van der Waals surface area contributed by atoms with Gasteiger partial charge in [-0.15, -0.1) is 10.2 Å². The number of anilines is 3. The van der Waals surface area contributed by atoms with Gasteiger partial charge in [0.05, 0.1) is 12.0 Å². The molecule has 1 amide bonds. The summed E-state index contributed by atoms with van der Waals surface area (Å²) >= 11 is 0. The number of amides is 1. The van der Waals surface area contributed by atoms with Gasteiger partial charge in [0, 0.05) is 5.69 Å². The van der Waals surface area contributed by atoms with Crippen molar-refractivity contribution in [2.75, 3.05) is 10.6 Å². The van der Waals surface area contributed by atoms with Crippen molar-refractivity contribution >= 4 is 23.2 Å². The normalized spacial score (nSPS) is 11.1. The Labute approximate surface area is 157 Å². The van der Waals surface area contributed by atoms with Gasteiger partial charge < -0.3 is 10.6 Å². The largest absolute Gasteiger partial charge is 0.416 e. The molecule has 3 rings (SSSR count). The van der Waals surface area contributed by atoms with Crippen molar-refractivity contribution in [2.24, 2.45) is 0 Å². The molecule has 0 aliphatic carbocycles. The molecule has 0 radical (unpaired) electrons. The van der Waals surface area contributed by atoms with Gasteiger partial charge >= 0.3 is 6.18 Å². The van der Waals surface area contributed by atoms with Crippen LogP contribution in [0, 0.1) is 5.82 Å². The summed E-state index contributed by atoms with van der Waals surface area (Å²) in [5.41, 5.74) is 0.178. The Kier molecular flexibility index (Phi) is 5.53. The van der Waals surface area contributed by atoms with E-state index in [9.17, 15) is 22.4 Å². The third kappa shape index (κ3) is 5.26. The van der Waals surface area contributed by atoms with E-state index in [1.807, 2.05) is 0 Å². The van der Waals surface area contributed by atoms with Gasteiger partial charge in [-0.1, -0.05) is 12.1 Å². The number of alkyl halides is 3. The third-order valence-electron chi connectivity index (χ3n) is 3.67. The summed E-state index contributed by atoms with van der Waals surface area (Å²) in [6.45, 7) is 0.